The molecular weight excluding hydrogens is 380 g/mol. The van der Waals surface area contributed by atoms with Gasteiger partial charge in [0.15, 0.2) is 6.10 Å². The summed E-state index contributed by atoms with van der Waals surface area (Å²) in [5.41, 5.74) is 4.07. The van der Waals surface area contributed by atoms with Crippen molar-refractivity contribution in [3.8, 4) is 0 Å². The minimum Gasteiger partial charge on any atom is -0.472 e. The lowest BCUT2D eigenvalue weighted by molar-refractivity contribution is 0.0509. The van der Waals surface area contributed by atoms with E-state index in [9.17, 15) is 4.79 Å². The molecule has 1 aromatic heterocycles. The molecule has 6 nitrogen and oxygen atoms in total. The first-order valence-electron chi connectivity index (χ1n) is 10.00. The lowest BCUT2D eigenvalue weighted by Gasteiger charge is -2.23. The summed E-state index contributed by atoms with van der Waals surface area (Å²) in [7, 11) is 0. The molecule has 0 bridgehead atoms. The van der Waals surface area contributed by atoms with Gasteiger partial charge < -0.3 is 19.3 Å². The van der Waals surface area contributed by atoms with E-state index in [1.165, 1.54) is 5.56 Å². The number of nitrogens with zero attached hydrogens (tertiary/aromatic N) is 1. The van der Waals surface area contributed by atoms with Crippen LogP contribution in [0.1, 0.15) is 23.1 Å². The Morgan fingerprint density at radius 3 is 2.47 bits per heavy atom. The van der Waals surface area contributed by atoms with Crippen LogP contribution in [-0.4, -0.2) is 24.0 Å². The van der Waals surface area contributed by atoms with Crippen molar-refractivity contribution in [3.63, 3.8) is 0 Å². The number of alkyl carbamates (subject to hydrolysis) is 1. The number of furan rings is 1. The lowest BCUT2D eigenvalue weighted by atomic mass is 9.96. The van der Waals surface area contributed by atoms with Crippen molar-refractivity contribution in [1.29, 1.82) is 0 Å². The second-order valence-corrected chi connectivity index (χ2v) is 7.32. The summed E-state index contributed by atoms with van der Waals surface area (Å²) in [6.45, 7) is 0.154. The van der Waals surface area contributed by atoms with Gasteiger partial charge in [-0.1, -0.05) is 65.8 Å². The Kier molecular flexibility index (Phi) is 6.44. The number of amides is 1. The molecule has 2 unspecified atom stereocenters. The van der Waals surface area contributed by atoms with Gasteiger partial charge in [0.1, 0.15) is 6.61 Å². The van der Waals surface area contributed by atoms with Crippen molar-refractivity contribution < 1.29 is 18.8 Å². The van der Waals surface area contributed by atoms with Crippen LogP contribution in [-0.2, 0) is 29.0 Å². The summed E-state index contributed by atoms with van der Waals surface area (Å²) in [6, 6.07) is 21.7. The molecule has 2 atom stereocenters. The molecule has 1 N–H and O–H groups in total. The highest BCUT2D eigenvalue weighted by Gasteiger charge is 2.31. The third-order valence-corrected chi connectivity index (χ3v) is 5.01. The van der Waals surface area contributed by atoms with Crippen molar-refractivity contribution in [3.05, 3.63) is 95.9 Å². The van der Waals surface area contributed by atoms with E-state index in [1.54, 1.807) is 18.6 Å². The van der Waals surface area contributed by atoms with Gasteiger partial charge in [0, 0.05) is 18.4 Å². The first-order chi connectivity index (χ1) is 14.8. The highest BCUT2D eigenvalue weighted by Crippen LogP contribution is 2.20. The molecule has 3 aromatic rings. The Labute approximate surface area is 175 Å². The zero-order chi connectivity index (χ0) is 20.6. The van der Waals surface area contributed by atoms with Crippen molar-refractivity contribution in [1.82, 2.24) is 5.32 Å². The van der Waals surface area contributed by atoms with Crippen LogP contribution in [0.2, 0.25) is 0 Å². The van der Waals surface area contributed by atoms with Crippen LogP contribution in [0.3, 0.4) is 0 Å². The van der Waals surface area contributed by atoms with Gasteiger partial charge in [-0.25, -0.2) is 4.79 Å². The van der Waals surface area contributed by atoms with E-state index in [0.717, 1.165) is 23.3 Å². The number of benzene rings is 2. The number of carbonyl (C=O) groups is 1. The van der Waals surface area contributed by atoms with Crippen molar-refractivity contribution in [2.24, 2.45) is 5.16 Å². The molecule has 2 aromatic carbocycles. The van der Waals surface area contributed by atoms with Crippen molar-refractivity contribution >= 4 is 11.8 Å². The lowest BCUT2D eigenvalue weighted by Crippen LogP contribution is -2.45. The Morgan fingerprint density at radius 2 is 1.77 bits per heavy atom. The number of nitrogens with one attached hydrogen (secondary N) is 1. The van der Waals surface area contributed by atoms with Crippen molar-refractivity contribution in [2.45, 2.75) is 38.0 Å². The van der Waals surface area contributed by atoms with Crippen LogP contribution in [0.4, 0.5) is 4.79 Å². The molecule has 0 fully saturated rings. The minimum atomic E-state index is -0.489. The summed E-state index contributed by atoms with van der Waals surface area (Å²) in [5.74, 6) is 0. The molecular formula is C24H24N2O4. The molecule has 0 radical (unpaired) electrons. The van der Waals surface area contributed by atoms with E-state index >= 15 is 0 Å². The van der Waals surface area contributed by atoms with Gasteiger partial charge in [0.2, 0.25) is 0 Å². The third-order valence-electron chi connectivity index (χ3n) is 5.01. The zero-order valence-electron chi connectivity index (χ0n) is 16.6. The largest absolute Gasteiger partial charge is 0.472 e. The molecule has 4 rings (SSSR count). The van der Waals surface area contributed by atoms with Gasteiger partial charge in [0.25, 0.3) is 0 Å². The van der Waals surface area contributed by atoms with E-state index < -0.39 is 6.09 Å². The van der Waals surface area contributed by atoms with E-state index in [4.69, 9.17) is 14.0 Å². The predicted octanol–water partition coefficient (Wildman–Crippen LogP) is 4.50. The normalized spacial score (nSPS) is 16.4. The Bertz CT molecular complexity index is 955. The van der Waals surface area contributed by atoms with Crippen LogP contribution >= 0.6 is 0 Å². The van der Waals surface area contributed by atoms with Gasteiger partial charge in [0.05, 0.1) is 24.3 Å². The fourth-order valence-electron chi connectivity index (χ4n) is 3.46. The second kappa shape index (κ2) is 9.78. The number of hydrogen-bond acceptors (Lipinski definition) is 5. The number of carbonyl (C=O) groups excluding carboxylic acids is 1. The summed E-state index contributed by atoms with van der Waals surface area (Å²) >= 11 is 0. The maximum atomic E-state index is 12.4. The molecule has 1 amide bonds. The standard InChI is InChI=1S/C24H24N2O4/c27-24(29-17-20-11-12-28-16-20)25-22(14-19-9-5-2-6-10-19)23-15-21(26-30-23)13-18-7-3-1-4-8-18/h1-12,16,22-23H,13-15,17H2,(H,25,27). The quantitative estimate of drug-likeness (QED) is 0.600. The number of hydrogen-bond donors (Lipinski definition) is 1. The molecule has 0 spiro atoms. The molecule has 154 valence electrons. The predicted molar refractivity (Wildman–Crippen MR) is 113 cm³/mol. The van der Waals surface area contributed by atoms with Gasteiger partial charge in [-0.05, 0) is 23.6 Å². The molecule has 6 heteroatoms. The summed E-state index contributed by atoms with van der Waals surface area (Å²) in [5, 5.41) is 7.25. The number of ether oxygens (including phenoxy) is 1. The monoisotopic (exact) mass is 404 g/mol. The molecule has 0 aliphatic carbocycles. The Hall–Kier alpha value is -3.54. The first kappa shape index (κ1) is 19.8. The maximum absolute atomic E-state index is 12.4. The molecule has 0 saturated heterocycles. The molecule has 0 saturated carbocycles. The summed E-state index contributed by atoms with van der Waals surface area (Å²) in [4.78, 5) is 18.1. The smallest absolute Gasteiger partial charge is 0.407 e. The highest BCUT2D eigenvalue weighted by atomic mass is 16.6. The van der Waals surface area contributed by atoms with E-state index in [0.29, 0.717) is 12.8 Å². The third kappa shape index (κ3) is 5.50. The topological polar surface area (TPSA) is 73.1 Å². The van der Waals surface area contributed by atoms with Gasteiger partial charge in [-0.15, -0.1) is 0 Å². The SMILES string of the molecule is O=C(NC(Cc1ccccc1)C1CC(Cc2ccccc2)=NO1)OCc1ccoc1. The summed E-state index contributed by atoms with van der Waals surface area (Å²) in [6.07, 6.45) is 4.39. The first-order valence-corrected chi connectivity index (χ1v) is 10.00. The van der Waals surface area contributed by atoms with Gasteiger partial charge in [-0.3, -0.25) is 0 Å². The Balaban J connectivity index is 1.38. The fourth-order valence-corrected chi connectivity index (χ4v) is 3.46. The zero-order valence-corrected chi connectivity index (χ0v) is 16.6. The fraction of sp³-hybridized carbons (Fsp3) is 0.250. The van der Waals surface area contributed by atoms with Crippen LogP contribution in [0.15, 0.2) is 88.8 Å². The van der Waals surface area contributed by atoms with E-state index in [2.05, 4.69) is 22.6 Å². The maximum Gasteiger partial charge on any atom is 0.407 e. The molecule has 1 aliphatic heterocycles. The van der Waals surface area contributed by atoms with Crippen LogP contribution < -0.4 is 5.32 Å². The number of oxime groups is 1. The number of rotatable bonds is 8. The average molecular weight is 404 g/mol. The van der Waals surface area contributed by atoms with E-state index in [1.807, 2.05) is 48.5 Å². The summed E-state index contributed by atoms with van der Waals surface area (Å²) < 4.78 is 10.3. The van der Waals surface area contributed by atoms with Crippen LogP contribution in [0, 0.1) is 0 Å². The average Bonchev–Trinajstić information content (AvgIpc) is 3.46. The van der Waals surface area contributed by atoms with E-state index in [-0.39, 0.29) is 18.8 Å². The Morgan fingerprint density at radius 1 is 1.03 bits per heavy atom. The molecule has 30 heavy (non-hydrogen) atoms. The highest BCUT2D eigenvalue weighted by molar-refractivity contribution is 5.87. The van der Waals surface area contributed by atoms with Crippen LogP contribution in [0.25, 0.3) is 0 Å². The van der Waals surface area contributed by atoms with Gasteiger partial charge in [-0.2, -0.15) is 0 Å². The van der Waals surface area contributed by atoms with Crippen LogP contribution in [0.5, 0.6) is 0 Å². The molecule has 2 heterocycles. The van der Waals surface area contributed by atoms with Gasteiger partial charge >= 0.3 is 6.09 Å². The van der Waals surface area contributed by atoms with Crippen molar-refractivity contribution in [2.75, 3.05) is 0 Å². The molecule has 1 aliphatic rings. The minimum absolute atomic E-state index is 0.154. The second-order valence-electron chi connectivity index (χ2n) is 7.32.